The van der Waals surface area contributed by atoms with E-state index in [-0.39, 0.29) is 11.8 Å². The van der Waals surface area contributed by atoms with Crippen molar-refractivity contribution in [2.45, 2.75) is 13.8 Å². The van der Waals surface area contributed by atoms with Crippen LogP contribution in [0.3, 0.4) is 0 Å². The molecule has 5 nitrogen and oxygen atoms in total. The first-order valence-corrected chi connectivity index (χ1v) is 6.29. The minimum Gasteiger partial charge on any atom is -0.465 e. The van der Waals surface area contributed by atoms with Crippen LogP contribution in [0, 0.1) is 5.92 Å². The number of rotatable bonds is 6. The molecule has 0 bridgehead atoms. The number of esters is 1. The van der Waals surface area contributed by atoms with Crippen LogP contribution in [0.15, 0.2) is 24.3 Å². The zero-order valence-electron chi connectivity index (χ0n) is 11.5. The standard InChI is InChI=1S/C14H20N2O3/c1-4-15-9-10(2)13(17)16-12-8-6-5-7-11(12)14(18)19-3/h5-8,10,15H,4,9H2,1-3H3,(H,16,17). The highest BCUT2D eigenvalue weighted by Crippen LogP contribution is 2.16. The molecule has 5 heteroatoms. The lowest BCUT2D eigenvalue weighted by Gasteiger charge is -2.14. The van der Waals surface area contributed by atoms with Gasteiger partial charge in [-0.05, 0) is 18.7 Å². The predicted molar refractivity (Wildman–Crippen MR) is 74.1 cm³/mol. The number of methoxy groups -OCH3 is 1. The third-order valence-electron chi connectivity index (χ3n) is 2.74. The van der Waals surface area contributed by atoms with Crippen molar-refractivity contribution < 1.29 is 14.3 Å². The van der Waals surface area contributed by atoms with Crippen LogP contribution in [-0.4, -0.2) is 32.1 Å². The van der Waals surface area contributed by atoms with Gasteiger partial charge in [-0.3, -0.25) is 4.79 Å². The van der Waals surface area contributed by atoms with Crippen molar-refractivity contribution in [3.8, 4) is 0 Å². The average molecular weight is 264 g/mol. The fraction of sp³-hybridized carbons (Fsp3) is 0.429. The molecule has 1 amide bonds. The van der Waals surface area contributed by atoms with E-state index < -0.39 is 5.97 Å². The summed E-state index contributed by atoms with van der Waals surface area (Å²) in [6.45, 7) is 5.23. The van der Waals surface area contributed by atoms with Gasteiger partial charge >= 0.3 is 5.97 Å². The van der Waals surface area contributed by atoms with Crippen LogP contribution in [0.1, 0.15) is 24.2 Å². The van der Waals surface area contributed by atoms with E-state index >= 15 is 0 Å². The molecule has 1 aromatic carbocycles. The number of carbonyl (C=O) groups excluding carboxylic acids is 2. The van der Waals surface area contributed by atoms with Gasteiger partial charge in [-0.1, -0.05) is 26.0 Å². The van der Waals surface area contributed by atoms with Gasteiger partial charge in [-0.2, -0.15) is 0 Å². The van der Waals surface area contributed by atoms with E-state index in [0.29, 0.717) is 17.8 Å². The molecule has 0 spiro atoms. The largest absolute Gasteiger partial charge is 0.465 e. The molecule has 0 heterocycles. The van der Waals surface area contributed by atoms with E-state index in [0.717, 1.165) is 6.54 Å². The Kier molecular flexibility index (Phi) is 6.02. The second-order valence-electron chi connectivity index (χ2n) is 4.24. The van der Waals surface area contributed by atoms with E-state index in [2.05, 4.69) is 15.4 Å². The number of ether oxygens (including phenoxy) is 1. The maximum absolute atomic E-state index is 12.0. The molecule has 0 aliphatic rings. The summed E-state index contributed by atoms with van der Waals surface area (Å²) in [6, 6.07) is 6.79. The molecule has 0 saturated heterocycles. The first-order valence-electron chi connectivity index (χ1n) is 6.29. The lowest BCUT2D eigenvalue weighted by molar-refractivity contribution is -0.119. The summed E-state index contributed by atoms with van der Waals surface area (Å²) in [4.78, 5) is 23.5. The molecule has 0 radical (unpaired) electrons. The minimum atomic E-state index is -0.463. The Morgan fingerprint density at radius 1 is 1.32 bits per heavy atom. The third-order valence-corrected chi connectivity index (χ3v) is 2.74. The van der Waals surface area contributed by atoms with Crippen LogP contribution in [-0.2, 0) is 9.53 Å². The molecular weight excluding hydrogens is 244 g/mol. The van der Waals surface area contributed by atoms with Gasteiger partial charge in [-0.25, -0.2) is 4.79 Å². The van der Waals surface area contributed by atoms with Crippen LogP contribution < -0.4 is 10.6 Å². The number of para-hydroxylation sites is 1. The van der Waals surface area contributed by atoms with E-state index in [1.165, 1.54) is 7.11 Å². The number of amides is 1. The minimum absolute atomic E-state index is 0.127. The molecule has 0 aromatic heterocycles. The Hall–Kier alpha value is -1.88. The van der Waals surface area contributed by atoms with Crippen molar-refractivity contribution in [1.29, 1.82) is 0 Å². The number of nitrogens with one attached hydrogen (secondary N) is 2. The van der Waals surface area contributed by atoms with Crippen molar-refractivity contribution in [2.24, 2.45) is 5.92 Å². The van der Waals surface area contributed by atoms with Crippen molar-refractivity contribution in [3.63, 3.8) is 0 Å². The number of carbonyl (C=O) groups is 2. The average Bonchev–Trinajstić information content (AvgIpc) is 2.44. The van der Waals surface area contributed by atoms with Gasteiger partial charge in [0, 0.05) is 12.5 Å². The SMILES string of the molecule is CCNCC(C)C(=O)Nc1ccccc1C(=O)OC. The highest BCUT2D eigenvalue weighted by atomic mass is 16.5. The van der Waals surface area contributed by atoms with Crippen LogP contribution in [0.2, 0.25) is 0 Å². The smallest absolute Gasteiger partial charge is 0.339 e. The quantitative estimate of drug-likeness (QED) is 0.767. The molecule has 1 rings (SSSR count). The van der Waals surface area contributed by atoms with Gasteiger partial charge in [-0.15, -0.1) is 0 Å². The lowest BCUT2D eigenvalue weighted by Crippen LogP contribution is -2.30. The van der Waals surface area contributed by atoms with E-state index in [1.807, 2.05) is 13.8 Å². The molecule has 104 valence electrons. The van der Waals surface area contributed by atoms with Crippen molar-refractivity contribution >= 4 is 17.6 Å². The first-order chi connectivity index (χ1) is 9.10. The van der Waals surface area contributed by atoms with Crippen molar-refractivity contribution in [3.05, 3.63) is 29.8 Å². The topological polar surface area (TPSA) is 67.4 Å². The molecule has 1 atom stereocenters. The lowest BCUT2D eigenvalue weighted by atomic mass is 10.1. The van der Waals surface area contributed by atoms with Gasteiger partial charge < -0.3 is 15.4 Å². The van der Waals surface area contributed by atoms with Crippen molar-refractivity contribution in [1.82, 2.24) is 5.32 Å². The first kappa shape index (κ1) is 15.2. The van der Waals surface area contributed by atoms with Crippen LogP contribution in [0.4, 0.5) is 5.69 Å². The molecule has 0 aliphatic carbocycles. The summed E-state index contributed by atoms with van der Waals surface area (Å²) in [7, 11) is 1.31. The summed E-state index contributed by atoms with van der Waals surface area (Å²) in [6.07, 6.45) is 0. The monoisotopic (exact) mass is 264 g/mol. The molecule has 2 N–H and O–H groups in total. The second-order valence-corrected chi connectivity index (χ2v) is 4.24. The Balaban J connectivity index is 2.76. The number of hydrogen-bond acceptors (Lipinski definition) is 4. The number of anilines is 1. The molecule has 0 saturated carbocycles. The van der Waals surface area contributed by atoms with Gasteiger partial charge in [0.2, 0.25) is 5.91 Å². The van der Waals surface area contributed by atoms with Crippen LogP contribution in [0.25, 0.3) is 0 Å². The Morgan fingerprint density at radius 3 is 2.63 bits per heavy atom. The second kappa shape index (κ2) is 7.53. The molecule has 19 heavy (non-hydrogen) atoms. The highest BCUT2D eigenvalue weighted by Gasteiger charge is 2.16. The summed E-state index contributed by atoms with van der Waals surface area (Å²) in [5.41, 5.74) is 0.830. The maximum Gasteiger partial charge on any atom is 0.339 e. The molecule has 1 unspecified atom stereocenters. The summed E-state index contributed by atoms with van der Waals surface area (Å²) < 4.78 is 4.68. The zero-order chi connectivity index (χ0) is 14.3. The van der Waals surface area contributed by atoms with Crippen LogP contribution in [0.5, 0.6) is 0 Å². The molecule has 1 aromatic rings. The van der Waals surface area contributed by atoms with Crippen molar-refractivity contribution in [2.75, 3.05) is 25.5 Å². The Bertz CT molecular complexity index is 446. The van der Waals surface area contributed by atoms with E-state index in [9.17, 15) is 9.59 Å². The highest BCUT2D eigenvalue weighted by molar-refractivity contribution is 6.01. The fourth-order valence-electron chi connectivity index (χ4n) is 1.59. The van der Waals surface area contributed by atoms with Gasteiger partial charge in [0.15, 0.2) is 0 Å². The van der Waals surface area contributed by atoms with Gasteiger partial charge in [0.25, 0.3) is 0 Å². The number of benzene rings is 1. The molecule has 0 aliphatic heterocycles. The fourth-order valence-corrected chi connectivity index (χ4v) is 1.59. The predicted octanol–water partition coefficient (Wildman–Crippen LogP) is 1.66. The van der Waals surface area contributed by atoms with E-state index in [1.54, 1.807) is 24.3 Å². The summed E-state index contributed by atoms with van der Waals surface area (Å²) in [5.74, 6) is -0.766. The molecule has 0 fully saturated rings. The van der Waals surface area contributed by atoms with Gasteiger partial charge in [0.1, 0.15) is 0 Å². The third kappa shape index (κ3) is 4.37. The van der Waals surface area contributed by atoms with Crippen LogP contribution >= 0.6 is 0 Å². The summed E-state index contributed by atoms with van der Waals surface area (Å²) >= 11 is 0. The summed E-state index contributed by atoms with van der Waals surface area (Å²) in [5, 5.41) is 5.87. The zero-order valence-corrected chi connectivity index (χ0v) is 11.5. The number of hydrogen-bond donors (Lipinski definition) is 2. The van der Waals surface area contributed by atoms with E-state index in [4.69, 9.17) is 0 Å². The van der Waals surface area contributed by atoms with Gasteiger partial charge in [0.05, 0.1) is 18.4 Å². The Labute approximate surface area is 113 Å². The molecular formula is C14H20N2O3. The normalized spacial score (nSPS) is 11.7. The maximum atomic E-state index is 12.0. The Morgan fingerprint density at radius 2 is 2.00 bits per heavy atom.